The third-order valence-electron chi connectivity index (χ3n) is 3.43. The van der Waals surface area contributed by atoms with Gasteiger partial charge < -0.3 is 19.3 Å². The van der Waals surface area contributed by atoms with Crippen LogP contribution in [0.4, 0.5) is 0 Å². The molecule has 5 nitrogen and oxygen atoms in total. The summed E-state index contributed by atoms with van der Waals surface area (Å²) in [4.78, 5) is 10.7. The van der Waals surface area contributed by atoms with Gasteiger partial charge in [0, 0.05) is 17.7 Å². The molecule has 5 heteroatoms. The van der Waals surface area contributed by atoms with Gasteiger partial charge in [-0.1, -0.05) is 6.07 Å². The van der Waals surface area contributed by atoms with E-state index in [1.54, 1.807) is 25.3 Å². The molecule has 2 aromatic carbocycles. The van der Waals surface area contributed by atoms with E-state index in [0.717, 1.165) is 23.0 Å². The number of ether oxygens (including phenoxy) is 3. The topological polar surface area (TPSA) is 65.0 Å². The monoisotopic (exact) mass is 342 g/mol. The van der Waals surface area contributed by atoms with Crippen LogP contribution in [-0.2, 0) is 4.79 Å². The molecule has 25 heavy (non-hydrogen) atoms. The van der Waals surface area contributed by atoms with Gasteiger partial charge in [-0.3, -0.25) is 0 Å². The number of methoxy groups -OCH3 is 1. The van der Waals surface area contributed by atoms with E-state index in [-0.39, 0.29) is 0 Å². The summed E-state index contributed by atoms with van der Waals surface area (Å²) >= 11 is 0. The minimum atomic E-state index is -1.01. The molecule has 0 saturated carbocycles. The number of rotatable bonds is 8. The Morgan fingerprint density at radius 1 is 1.00 bits per heavy atom. The van der Waals surface area contributed by atoms with Crippen molar-refractivity contribution in [3.05, 3.63) is 59.2 Å². The second-order valence-corrected chi connectivity index (χ2v) is 5.60. The van der Waals surface area contributed by atoms with E-state index in [1.807, 2.05) is 26.0 Å². The Kier molecular flexibility index (Phi) is 6.46. The molecule has 132 valence electrons. The first-order valence-electron chi connectivity index (χ1n) is 7.91. The predicted octanol–water partition coefficient (Wildman–Crippen LogP) is 3.87. The fourth-order valence-electron chi connectivity index (χ4n) is 2.39. The quantitative estimate of drug-likeness (QED) is 0.583. The summed E-state index contributed by atoms with van der Waals surface area (Å²) in [6, 6.07) is 11.2. The molecule has 0 amide bonds. The van der Waals surface area contributed by atoms with Gasteiger partial charge in [0.25, 0.3) is 0 Å². The zero-order chi connectivity index (χ0) is 18.2. The average Bonchev–Trinajstić information content (AvgIpc) is 2.56. The normalized spacial score (nSPS) is 10.7. The largest absolute Gasteiger partial charge is 0.497 e. The van der Waals surface area contributed by atoms with Crippen LogP contribution in [0, 0.1) is 13.8 Å². The minimum Gasteiger partial charge on any atom is -0.497 e. The highest BCUT2D eigenvalue weighted by Crippen LogP contribution is 2.26. The van der Waals surface area contributed by atoms with E-state index >= 15 is 0 Å². The maximum atomic E-state index is 10.7. The zero-order valence-corrected chi connectivity index (χ0v) is 14.6. The Balaban J connectivity index is 1.99. The molecule has 2 aromatic rings. The first-order chi connectivity index (χ1) is 12.0. The Morgan fingerprint density at radius 2 is 1.68 bits per heavy atom. The van der Waals surface area contributed by atoms with Crippen LogP contribution in [0.5, 0.6) is 17.2 Å². The van der Waals surface area contributed by atoms with Crippen LogP contribution in [0.15, 0.2) is 42.5 Å². The number of aryl methyl sites for hydroxylation is 2. The van der Waals surface area contributed by atoms with Crippen molar-refractivity contribution in [1.29, 1.82) is 0 Å². The molecule has 0 aromatic heterocycles. The van der Waals surface area contributed by atoms with Crippen molar-refractivity contribution in [2.75, 3.05) is 20.3 Å². The highest BCUT2D eigenvalue weighted by molar-refractivity contribution is 5.86. The minimum absolute atomic E-state index is 0.327. The molecule has 0 saturated heterocycles. The molecule has 0 atom stereocenters. The molecule has 0 spiro atoms. The number of hydrogen-bond acceptors (Lipinski definition) is 4. The third-order valence-corrected chi connectivity index (χ3v) is 3.43. The summed E-state index contributed by atoms with van der Waals surface area (Å²) in [6.45, 7) is 4.75. The molecule has 0 bridgehead atoms. The van der Waals surface area contributed by atoms with Crippen molar-refractivity contribution in [2.45, 2.75) is 13.8 Å². The highest BCUT2D eigenvalue weighted by Gasteiger charge is 2.05. The molecule has 0 heterocycles. The Hall–Kier alpha value is -2.95. The molecular formula is C20H22O5. The number of benzene rings is 2. The number of carboxylic acids is 1. The van der Waals surface area contributed by atoms with Crippen LogP contribution in [0.2, 0.25) is 0 Å². The van der Waals surface area contributed by atoms with Crippen LogP contribution in [-0.4, -0.2) is 31.4 Å². The highest BCUT2D eigenvalue weighted by atomic mass is 16.5. The molecule has 0 aliphatic rings. The molecule has 0 aliphatic heterocycles. The molecule has 0 unspecified atom stereocenters. The molecular weight excluding hydrogens is 320 g/mol. The van der Waals surface area contributed by atoms with Crippen molar-refractivity contribution in [2.24, 2.45) is 0 Å². The third kappa shape index (κ3) is 5.88. The van der Waals surface area contributed by atoms with Crippen LogP contribution < -0.4 is 14.2 Å². The summed E-state index contributed by atoms with van der Waals surface area (Å²) in [5.41, 5.74) is 2.95. The summed E-state index contributed by atoms with van der Waals surface area (Å²) in [7, 11) is 1.56. The van der Waals surface area contributed by atoms with Gasteiger partial charge in [0.2, 0.25) is 0 Å². The number of carbonyl (C=O) groups is 1. The van der Waals surface area contributed by atoms with Gasteiger partial charge in [0.1, 0.15) is 30.5 Å². The van der Waals surface area contributed by atoms with Crippen molar-refractivity contribution in [3.8, 4) is 17.2 Å². The predicted molar refractivity (Wildman–Crippen MR) is 96.6 cm³/mol. The number of carboxylic acid groups (broad SMARTS) is 1. The maximum absolute atomic E-state index is 10.7. The second kappa shape index (κ2) is 8.78. The Morgan fingerprint density at radius 3 is 2.32 bits per heavy atom. The number of hydrogen-bond donors (Lipinski definition) is 1. The SMILES string of the molecule is COc1ccc(C=CC(=O)O)c(OCCOc2cc(C)cc(C)c2)c1. The number of aliphatic carboxylic acids is 1. The fourth-order valence-corrected chi connectivity index (χ4v) is 2.39. The zero-order valence-electron chi connectivity index (χ0n) is 14.6. The van der Waals surface area contributed by atoms with Crippen LogP contribution in [0.25, 0.3) is 6.08 Å². The van der Waals surface area contributed by atoms with E-state index < -0.39 is 5.97 Å². The molecule has 1 N–H and O–H groups in total. The molecule has 0 fully saturated rings. The lowest BCUT2D eigenvalue weighted by molar-refractivity contribution is -0.131. The smallest absolute Gasteiger partial charge is 0.328 e. The second-order valence-electron chi connectivity index (χ2n) is 5.60. The van der Waals surface area contributed by atoms with Gasteiger partial charge in [-0.15, -0.1) is 0 Å². The molecule has 0 radical (unpaired) electrons. The van der Waals surface area contributed by atoms with Crippen LogP contribution in [0.3, 0.4) is 0 Å². The molecule has 2 rings (SSSR count). The van der Waals surface area contributed by atoms with Crippen molar-refractivity contribution in [1.82, 2.24) is 0 Å². The maximum Gasteiger partial charge on any atom is 0.328 e. The van der Waals surface area contributed by atoms with E-state index in [9.17, 15) is 4.79 Å². The average molecular weight is 342 g/mol. The fraction of sp³-hybridized carbons (Fsp3) is 0.250. The van der Waals surface area contributed by atoms with Crippen molar-refractivity contribution < 1.29 is 24.1 Å². The summed E-state index contributed by atoms with van der Waals surface area (Å²) in [5, 5.41) is 8.78. The lowest BCUT2D eigenvalue weighted by atomic mass is 10.1. The van der Waals surface area contributed by atoms with E-state index in [2.05, 4.69) is 6.07 Å². The van der Waals surface area contributed by atoms with Gasteiger partial charge >= 0.3 is 5.97 Å². The van der Waals surface area contributed by atoms with Gasteiger partial charge in [0.05, 0.1) is 7.11 Å². The first kappa shape index (κ1) is 18.4. The lowest BCUT2D eigenvalue weighted by Crippen LogP contribution is -2.10. The Bertz CT molecular complexity index is 744. The molecule has 0 aliphatic carbocycles. The Labute approximate surface area is 147 Å². The van der Waals surface area contributed by atoms with E-state index in [4.69, 9.17) is 19.3 Å². The van der Waals surface area contributed by atoms with Gasteiger partial charge in [-0.2, -0.15) is 0 Å². The van der Waals surface area contributed by atoms with Crippen molar-refractivity contribution in [3.63, 3.8) is 0 Å². The van der Waals surface area contributed by atoms with Gasteiger partial charge in [0.15, 0.2) is 0 Å². The standard InChI is InChI=1S/C20H22O5/c1-14-10-15(2)12-18(11-14)24-8-9-25-19-13-17(23-3)6-4-16(19)5-7-20(21)22/h4-7,10-13H,8-9H2,1-3H3,(H,21,22). The van der Waals surface area contributed by atoms with E-state index in [1.165, 1.54) is 6.08 Å². The van der Waals surface area contributed by atoms with Gasteiger partial charge in [-0.05, 0) is 55.3 Å². The lowest BCUT2D eigenvalue weighted by Gasteiger charge is -2.12. The summed E-state index contributed by atoms with van der Waals surface area (Å²) in [6.07, 6.45) is 2.56. The van der Waals surface area contributed by atoms with E-state index in [0.29, 0.717) is 30.3 Å². The summed E-state index contributed by atoms with van der Waals surface area (Å²) in [5.74, 6) is 0.969. The van der Waals surface area contributed by atoms with Crippen LogP contribution >= 0.6 is 0 Å². The first-order valence-corrected chi connectivity index (χ1v) is 7.91. The van der Waals surface area contributed by atoms with Gasteiger partial charge in [-0.25, -0.2) is 4.79 Å². The van der Waals surface area contributed by atoms with Crippen LogP contribution in [0.1, 0.15) is 16.7 Å². The van der Waals surface area contributed by atoms with Crippen molar-refractivity contribution >= 4 is 12.0 Å². The summed E-state index contributed by atoms with van der Waals surface area (Å²) < 4.78 is 16.6.